The van der Waals surface area contributed by atoms with E-state index in [0.717, 1.165) is 15.7 Å². The van der Waals surface area contributed by atoms with Gasteiger partial charge in [-0.1, -0.05) is 30.7 Å². The quantitative estimate of drug-likeness (QED) is 0.586. The van der Waals surface area contributed by atoms with Gasteiger partial charge in [-0.2, -0.15) is 0 Å². The van der Waals surface area contributed by atoms with Gasteiger partial charge in [0.1, 0.15) is 0 Å². The smallest absolute Gasteiger partial charge is 0.252 e. The molecule has 0 aromatic heterocycles. The largest absolute Gasteiger partial charge is 0.493 e. The fourth-order valence-electron chi connectivity index (χ4n) is 3.44. The molecule has 0 unspecified atom stereocenters. The average molecular weight is 494 g/mol. The lowest BCUT2D eigenvalue weighted by Gasteiger charge is -2.26. The molecule has 2 aromatic carbocycles. The number of nitrogens with one attached hydrogen (secondary N) is 1. The van der Waals surface area contributed by atoms with Crippen LogP contribution in [-0.4, -0.2) is 38.1 Å². The minimum Gasteiger partial charge on any atom is -0.493 e. The molecule has 150 valence electrons. The Balaban J connectivity index is 1.58. The van der Waals surface area contributed by atoms with Gasteiger partial charge in [-0.05, 0) is 71.8 Å². The fraction of sp³-hybridized carbons (Fsp3) is 0.409. The number of carbonyl (C=O) groups is 1. The van der Waals surface area contributed by atoms with Crippen molar-refractivity contribution in [2.75, 3.05) is 27.3 Å². The number of hydrogen-bond acceptors (Lipinski definition) is 4. The summed E-state index contributed by atoms with van der Waals surface area (Å²) in [4.78, 5) is 15.1. The highest BCUT2D eigenvalue weighted by atomic mass is 127. The van der Waals surface area contributed by atoms with E-state index in [1.807, 2.05) is 6.07 Å². The highest BCUT2D eigenvalue weighted by molar-refractivity contribution is 14.1. The number of amides is 1. The summed E-state index contributed by atoms with van der Waals surface area (Å²) in [5.74, 6) is 1.05. The maximum Gasteiger partial charge on any atom is 0.252 e. The Hall–Kier alpha value is -1.80. The van der Waals surface area contributed by atoms with Crippen LogP contribution < -0.4 is 14.8 Å². The third-order valence-electron chi connectivity index (χ3n) is 5.05. The summed E-state index contributed by atoms with van der Waals surface area (Å²) in [6, 6.07) is 12.0. The van der Waals surface area contributed by atoms with E-state index in [4.69, 9.17) is 9.47 Å². The first-order valence-electron chi connectivity index (χ1n) is 9.60. The Morgan fingerprint density at radius 3 is 2.25 bits per heavy atom. The van der Waals surface area contributed by atoms with Crippen LogP contribution >= 0.6 is 22.6 Å². The Labute approximate surface area is 180 Å². The Bertz CT molecular complexity index is 802. The van der Waals surface area contributed by atoms with Gasteiger partial charge in [-0.15, -0.1) is 0 Å². The lowest BCUT2D eigenvalue weighted by molar-refractivity contribution is 0.0949. The van der Waals surface area contributed by atoms with Crippen LogP contribution in [0.25, 0.3) is 0 Å². The molecule has 6 heteroatoms. The summed E-state index contributed by atoms with van der Waals surface area (Å²) < 4.78 is 11.4. The minimum absolute atomic E-state index is 0.122. The monoisotopic (exact) mass is 494 g/mol. The van der Waals surface area contributed by atoms with Gasteiger partial charge in [-0.25, -0.2) is 0 Å². The number of halogens is 1. The fourth-order valence-corrected chi connectivity index (χ4v) is 4.13. The zero-order chi connectivity index (χ0) is 19.9. The molecule has 0 saturated carbocycles. The standard InChI is InChI=1S/C22H27IN2O3/c1-27-20-12-18(19(23)13-21(20)28-2)22(26)24-14-16-6-8-17(9-7-16)15-25-10-4-3-5-11-25/h6-9,12-13H,3-5,10-11,14-15H2,1-2H3,(H,24,26). The van der Waals surface area contributed by atoms with E-state index >= 15 is 0 Å². The van der Waals surface area contributed by atoms with Gasteiger partial charge in [0.05, 0.1) is 19.8 Å². The topological polar surface area (TPSA) is 50.8 Å². The first-order chi connectivity index (χ1) is 13.6. The molecule has 1 saturated heterocycles. The molecule has 0 radical (unpaired) electrons. The van der Waals surface area contributed by atoms with E-state index in [1.165, 1.54) is 37.9 Å². The molecular formula is C22H27IN2O3. The molecule has 1 N–H and O–H groups in total. The zero-order valence-corrected chi connectivity index (χ0v) is 18.6. The van der Waals surface area contributed by atoms with Crippen molar-refractivity contribution in [2.45, 2.75) is 32.4 Å². The highest BCUT2D eigenvalue weighted by Gasteiger charge is 2.15. The van der Waals surface area contributed by atoms with Crippen molar-refractivity contribution < 1.29 is 14.3 Å². The molecule has 3 rings (SSSR count). The summed E-state index contributed by atoms with van der Waals surface area (Å²) in [6.07, 6.45) is 3.96. The highest BCUT2D eigenvalue weighted by Crippen LogP contribution is 2.31. The van der Waals surface area contributed by atoms with Crippen LogP contribution in [-0.2, 0) is 13.1 Å². The molecule has 1 fully saturated rings. The van der Waals surface area contributed by atoms with Gasteiger partial charge in [0.25, 0.3) is 5.91 Å². The predicted molar refractivity (Wildman–Crippen MR) is 119 cm³/mol. The molecule has 28 heavy (non-hydrogen) atoms. The summed E-state index contributed by atoms with van der Waals surface area (Å²) in [5.41, 5.74) is 3.00. The number of benzene rings is 2. The minimum atomic E-state index is -0.122. The second-order valence-corrected chi connectivity index (χ2v) is 8.19. The van der Waals surface area contributed by atoms with Gasteiger partial charge in [-0.3, -0.25) is 9.69 Å². The van der Waals surface area contributed by atoms with E-state index in [0.29, 0.717) is 23.6 Å². The molecule has 0 bridgehead atoms. The second kappa shape index (κ2) is 10.1. The maximum absolute atomic E-state index is 12.6. The van der Waals surface area contributed by atoms with Crippen LogP contribution in [0.4, 0.5) is 0 Å². The third kappa shape index (κ3) is 5.38. The molecule has 0 spiro atoms. The van der Waals surface area contributed by atoms with Crippen LogP contribution in [0.5, 0.6) is 11.5 Å². The summed E-state index contributed by atoms with van der Waals surface area (Å²) in [7, 11) is 3.15. The summed E-state index contributed by atoms with van der Waals surface area (Å²) in [6.45, 7) is 3.90. The molecule has 5 nitrogen and oxygen atoms in total. The molecule has 1 amide bonds. The first-order valence-corrected chi connectivity index (χ1v) is 10.7. The Morgan fingerprint density at radius 2 is 1.61 bits per heavy atom. The predicted octanol–water partition coefficient (Wildman–Crippen LogP) is 4.22. The van der Waals surface area contributed by atoms with Gasteiger partial charge in [0.15, 0.2) is 11.5 Å². The number of piperidine rings is 1. The van der Waals surface area contributed by atoms with E-state index in [9.17, 15) is 4.79 Å². The number of nitrogens with zero attached hydrogens (tertiary/aromatic N) is 1. The average Bonchev–Trinajstić information content (AvgIpc) is 2.73. The maximum atomic E-state index is 12.6. The van der Waals surface area contributed by atoms with Crippen molar-refractivity contribution in [3.05, 3.63) is 56.7 Å². The molecule has 1 aliphatic heterocycles. The molecule has 2 aromatic rings. The lowest BCUT2D eigenvalue weighted by atomic mass is 10.1. The van der Waals surface area contributed by atoms with Crippen LogP contribution in [0.15, 0.2) is 36.4 Å². The van der Waals surface area contributed by atoms with Crippen LogP contribution in [0.2, 0.25) is 0 Å². The second-order valence-electron chi connectivity index (χ2n) is 7.02. The normalized spacial score (nSPS) is 14.5. The van der Waals surface area contributed by atoms with Crippen molar-refractivity contribution in [3.8, 4) is 11.5 Å². The number of methoxy groups -OCH3 is 2. The van der Waals surface area contributed by atoms with E-state index in [2.05, 4.69) is 57.1 Å². The van der Waals surface area contributed by atoms with Gasteiger partial charge in [0.2, 0.25) is 0 Å². The molecule has 1 heterocycles. The van der Waals surface area contributed by atoms with E-state index in [-0.39, 0.29) is 5.91 Å². The summed E-state index contributed by atoms with van der Waals surface area (Å²) in [5, 5.41) is 3.00. The van der Waals surface area contributed by atoms with Crippen molar-refractivity contribution in [1.29, 1.82) is 0 Å². The Morgan fingerprint density at radius 1 is 1.00 bits per heavy atom. The Kier molecular flexibility index (Phi) is 7.56. The van der Waals surface area contributed by atoms with Gasteiger partial charge < -0.3 is 14.8 Å². The van der Waals surface area contributed by atoms with Crippen molar-refractivity contribution in [2.24, 2.45) is 0 Å². The van der Waals surface area contributed by atoms with Gasteiger partial charge in [0, 0.05) is 16.7 Å². The van der Waals surface area contributed by atoms with Crippen molar-refractivity contribution >= 4 is 28.5 Å². The number of carbonyl (C=O) groups excluding carboxylic acids is 1. The molecule has 1 aliphatic rings. The first kappa shape index (κ1) is 20.9. The van der Waals surface area contributed by atoms with Crippen molar-refractivity contribution in [1.82, 2.24) is 10.2 Å². The molecule has 0 aliphatic carbocycles. The lowest BCUT2D eigenvalue weighted by Crippen LogP contribution is -2.29. The number of rotatable bonds is 7. The molecular weight excluding hydrogens is 467 g/mol. The number of likely N-dealkylation sites (tertiary alicyclic amines) is 1. The number of ether oxygens (including phenoxy) is 2. The summed E-state index contributed by atoms with van der Waals surface area (Å²) >= 11 is 2.14. The van der Waals surface area contributed by atoms with Crippen LogP contribution in [0, 0.1) is 3.57 Å². The molecule has 0 atom stereocenters. The third-order valence-corrected chi connectivity index (χ3v) is 5.94. The van der Waals surface area contributed by atoms with Crippen LogP contribution in [0.1, 0.15) is 40.7 Å². The van der Waals surface area contributed by atoms with Crippen LogP contribution in [0.3, 0.4) is 0 Å². The van der Waals surface area contributed by atoms with E-state index in [1.54, 1.807) is 20.3 Å². The number of hydrogen-bond donors (Lipinski definition) is 1. The SMILES string of the molecule is COc1cc(I)c(C(=O)NCc2ccc(CN3CCCCC3)cc2)cc1OC. The van der Waals surface area contributed by atoms with Gasteiger partial charge >= 0.3 is 0 Å². The van der Waals surface area contributed by atoms with E-state index < -0.39 is 0 Å². The van der Waals surface area contributed by atoms with Crippen molar-refractivity contribution in [3.63, 3.8) is 0 Å². The zero-order valence-electron chi connectivity index (χ0n) is 16.5.